The lowest BCUT2D eigenvalue weighted by molar-refractivity contribution is -0.135. The van der Waals surface area contributed by atoms with Gasteiger partial charge in [-0.25, -0.2) is 0 Å². The normalized spacial score (nSPS) is 14.1. The Morgan fingerprint density at radius 2 is 2.00 bits per heavy atom. The maximum absolute atomic E-state index is 11.9. The highest BCUT2D eigenvalue weighted by Crippen LogP contribution is 2.23. The fraction of sp³-hybridized carbons (Fsp3) is 0.429. The zero-order chi connectivity index (χ0) is 12.1. The minimum Gasteiger partial charge on any atom is -0.480 e. The van der Waals surface area contributed by atoms with Gasteiger partial charge in [0.2, 0.25) is 0 Å². The Morgan fingerprint density at radius 1 is 1.47 bits per heavy atom. The highest BCUT2D eigenvalue weighted by molar-refractivity contribution is 5.97. The van der Waals surface area contributed by atoms with E-state index >= 15 is 0 Å². The lowest BCUT2D eigenvalue weighted by atomic mass is 10.2. The summed E-state index contributed by atoms with van der Waals surface area (Å²) in [5.41, 5.74) is 9.60. The quantitative estimate of drug-likeness (QED) is 0.470. The third-order valence-corrected chi connectivity index (χ3v) is 1.31. The first-order valence-electron chi connectivity index (χ1n) is 3.76. The molecule has 0 saturated heterocycles. The molecule has 0 fully saturated rings. The van der Waals surface area contributed by atoms with Gasteiger partial charge in [0.1, 0.15) is 12.4 Å². The van der Waals surface area contributed by atoms with Crippen molar-refractivity contribution in [3.05, 3.63) is 11.8 Å². The number of nitrogens with two attached hydrogens (primary N) is 2. The van der Waals surface area contributed by atoms with Crippen LogP contribution in [-0.4, -0.2) is 29.6 Å². The molecular weight excluding hydrogens is 215 g/mol. The van der Waals surface area contributed by atoms with Gasteiger partial charge in [-0.1, -0.05) is 0 Å². The van der Waals surface area contributed by atoms with E-state index in [1.54, 1.807) is 0 Å². The number of carbonyl (C=O) groups is 1. The van der Waals surface area contributed by atoms with Crippen molar-refractivity contribution in [3.63, 3.8) is 0 Å². The maximum Gasteiger partial charge on any atom is 0.393 e. The van der Waals surface area contributed by atoms with Gasteiger partial charge in [-0.2, -0.15) is 13.2 Å². The fourth-order valence-electron chi connectivity index (χ4n) is 0.705. The second kappa shape index (κ2) is 5.23. The van der Waals surface area contributed by atoms with Crippen LogP contribution in [0.1, 0.15) is 6.42 Å². The van der Waals surface area contributed by atoms with Crippen LogP contribution in [0.4, 0.5) is 13.2 Å². The molecule has 0 aliphatic carbocycles. The van der Waals surface area contributed by atoms with Crippen molar-refractivity contribution >= 4 is 11.8 Å². The first kappa shape index (κ1) is 13.3. The molecule has 8 heteroatoms. The number of halogens is 3. The van der Waals surface area contributed by atoms with Gasteiger partial charge >= 0.3 is 12.1 Å². The summed E-state index contributed by atoms with van der Waals surface area (Å²) < 4.78 is 35.8. The molecule has 0 radical (unpaired) electrons. The van der Waals surface area contributed by atoms with Crippen molar-refractivity contribution in [2.45, 2.75) is 12.6 Å². The van der Waals surface area contributed by atoms with Gasteiger partial charge in [0.05, 0.1) is 6.42 Å². The average molecular weight is 225 g/mol. The summed E-state index contributed by atoms with van der Waals surface area (Å²) >= 11 is 0. The zero-order valence-corrected chi connectivity index (χ0v) is 7.58. The molecule has 0 rings (SSSR count). The number of aliphatic imine (C=N–C) groups is 1. The molecule has 0 aromatic heterocycles. The smallest absolute Gasteiger partial charge is 0.393 e. The van der Waals surface area contributed by atoms with Crippen molar-refractivity contribution in [1.82, 2.24) is 0 Å². The van der Waals surface area contributed by atoms with E-state index in [4.69, 9.17) is 16.6 Å². The predicted octanol–water partition coefficient (Wildman–Crippen LogP) is 0.223. The molecule has 0 atom stereocenters. The molecule has 0 saturated carbocycles. The van der Waals surface area contributed by atoms with Crippen LogP contribution < -0.4 is 11.5 Å². The molecule has 5 N–H and O–H groups in total. The van der Waals surface area contributed by atoms with Gasteiger partial charge in [0.15, 0.2) is 0 Å². The Labute approximate surface area is 83.3 Å². The first-order chi connectivity index (χ1) is 6.76. The zero-order valence-electron chi connectivity index (χ0n) is 7.58. The number of carboxylic acids is 1. The molecule has 86 valence electrons. The van der Waals surface area contributed by atoms with E-state index in [9.17, 15) is 18.0 Å². The summed E-state index contributed by atoms with van der Waals surface area (Å²) in [5, 5.41) is 8.21. The molecule has 0 spiro atoms. The third-order valence-electron chi connectivity index (χ3n) is 1.31. The van der Waals surface area contributed by atoms with Crippen molar-refractivity contribution in [2.75, 3.05) is 6.54 Å². The lowest BCUT2D eigenvalue weighted by Gasteiger charge is -2.09. The van der Waals surface area contributed by atoms with Crippen LogP contribution in [0.5, 0.6) is 0 Å². The van der Waals surface area contributed by atoms with Crippen LogP contribution in [0.25, 0.3) is 0 Å². The summed E-state index contributed by atoms with van der Waals surface area (Å²) in [5.74, 6) is -1.81. The Hall–Kier alpha value is -1.73. The first-order valence-corrected chi connectivity index (χ1v) is 3.76. The SMILES string of the molecule is N/C=C(/CC(F)(F)F)C(N)=NCC(=O)O. The van der Waals surface area contributed by atoms with Gasteiger partial charge < -0.3 is 16.6 Å². The monoisotopic (exact) mass is 225 g/mol. The van der Waals surface area contributed by atoms with Crippen LogP contribution in [0.15, 0.2) is 16.8 Å². The molecule has 0 aromatic carbocycles. The van der Waals surface area contributed by atoms with Gasteiger partial charge in [0.25, 0.3) is 0 Å². The van der Waals surface area contributed by atoms with E-state index in [0.717, 1.165) is 0 Å². The Morgan fingerprint density at radius 3 is 2.33 bits per heavy atom. The van der Waals surface area contributed by atoms with Crippen LogP contribution in [0.3, 0.4) is 0 Å². The number of carboxylic acid groups (broad SMARTS) is 1. The number of alkyl halides is 3. The molecular formula is C7H10F3N3O2. The molecule has 15 heavy (non-hydrogen) atoms. The third kappa shape index (κ3) is 6.36. The summed E-state index contributed by atoms with van der Waals surface area (Å²) in [6.45, 7) is -0.693. The van der Waals surface area contributed by atoms with Crippen molar-refractivity contribution in [1.29, 1.82) is 0 Å². The highest BCUT2D eigenvalue weighted by Gasteiger charge is 2.29. The minimum atomic E-state index is -4.46. The largest absolute Gasteiger partial charge is 0.480 e. The van der Waals surface area contributed by atoms with E-state index in [0.29, 0.717) is 6.20 Å². The van der Waals surface area contributed by atoms with E-state index in [1.165, 1.54) is 0 Å². The summed E-state index contributed by atoms with van der Waals surface area (Å²) in [6, 6.07) is 0. The van der Waals surface area contributed by atoms with Crippen LogP contribution in [0, 0.1) is 0 Å². The number of aliphatic carboxylic acids is 1. The van der Waals surface area contributed by atoms with E-state index in [1.807, 2.05) is 0 Å². The predicted molar refractivity (Wildman–Crippen MR) is 47.1 cm³/mol. The van der Waals surface area contributed by atoms with E-state index in [2.05, 4.69) is 4.99 Å². The molecule has 0 aliphatic heterocycles. The molecule has 0 unspecified atom stereocenters. The van der Waals surface area contributed by atoms with Crippen molar-refractivity contribution < 1.29 is 23.1 Å². The minimum absolute atomic E-state index is 0.441. The summed E-state index contributed by atoms with van der Waals surface area (Å²) in [7, 11) is 0. The summed E-state index contributed by atoms with van der Waals surface area (Å²) in [6.07, 6.45) is -5.14. The topological polar surface area (TPSA) is 102 Å². The number of hydrogen-bond donors (Lipinski definition) is 3. The van der Waals surface area contributed by atoms with Crippen LogP contribution >= 0.6 is 0 Å². The number of amidine groups is 1. The standard InChI is InChI=1S/C7H10F3N3O2/c8-7(9,10)1-4(2-11)6(12)13-3-5(14)15/h2H,1,3,11H2,(H2,12,13)(H,14,15)/b4-2-. The van der Waals surface area contributed by atoms with Gasteiger partial charge in [-0.3, -0.25) is 9.79 Å². The Balaban J connectivity index is 4.56. The molecule has 0 amide bonds. The maximum atomic E-state index is 11.9. The van der Waals surface area contributed by atoms with Crippen molar-refractivity contribution in [3.8, 4) is 0 Å². The molecule has 0 heterocycles. The molecule has 0 bridgehead atoms. The molecule has 0 aliphatic rings. The molecule has 0 aromatic rings. The second-order valence-corrected chi connectivity index (χ2v) is 2.58. The van der Waals surface area contributed by atoms with E-state index in [-0.39, 0.29) is 0 Å². The lowest BCUT2D eigenvalue weighted by Crippen LogP contribution is -2.22. The molecule has 5 nitrogen and oxygen atoms in total. The van der Waals surface area contributed by atoms with Gasteiger partial charge in [-0.15, -0.1) is 0 Å². The highest BCUT2D eigenvalue weighted by atomic mass is 19.4. The van der Waals surface area contributed by atoms with E-state index < -0.39 is 36.5 Å². The summed E-state index contributed by atoms with van der Waals surface area (Å²) in [4.78, 5) is 13.3. The fourth-order valence-corrected chi connectivity index (χ4v) is 0.705. The Kier molecular flexibility index (Phi) is 4.62. The van der Waals surface area contributed by atoms with Crippen molar-refractivity contribution in [2.24, 2.45) is 16.5 Å². The average Bonchev–Trinajstić information content (AvgIpc) is 2.08. The van der Waals surface area contributed by atoms with Crippen LogP contribution in [0.2, 0.25) is 0 Å². The number of hydrogen-bond acceptors (Lipinski definition) is 3. The number of rotatable bonds is 4. The number of nitrogens with zero attached hydrogens (tertiary/aromatic N) is 1. The van der Waals surface area contributed by atoms with Gasteiger partial charge in [-0.05, 0) is 0 Å². The second-order valence-electron chi connectivity index (χ2n) is 2.58. The Bertz CT molecular complexity index is 296. The van der Waals surface area contributed by atoms with Crippen LogP contribution in [-0.2, 0) is 4.79 Å². The van der Waals surface area contributed by atoms with Gasteiger partial charge in [0, 0.05) is 11.8 Å².